The highest BCUT2D eigenvalue weighted by molar-refractivity contribution is 5.79. The van der Waals surface area contributed by atoms with Crippen LogP contribution in [0.1, 0.15) is 44.4 Å². The Morgan fingerprint density at radius 2 is 1.88 bits per heavy atom. The van der Waals surface area contributed by atoms with Crippen molar-refractivity contribution in [1.82, 2.24) is 15.3 Å². The van der Waals surface area contributed by atoms with Crippen LogP contribution in [-0.2, 0) is 4.79 Å². The zero-order valence-corrected chi connectivity index (χ0v) is 14.3. The number of nitrogens with one attached hydrogen (secondary N) is 2. The topological polar surface area (TPSA) is 57.8 Å². The first-order valence-electron chi connectivity index (χ1n) is 8.20. The molecule has 0 aliphatic heterocycles. The standard InChI is InChI=1S/C20H23N3O/c1-20(2,3)12-18(24)23-19(14-7-5-4-6-8-14)15-9-10-16-17(11-15)22-13-21-16/h4-11,13,19H,12H2,1-3H3,(H,21,22)(H,23,24). The minimum absolute atomic E-state index is 0.0430. The first kappa shape index (κ1) is 16.2. The van der Waals surface area contributed by atoms with Crippen molar-refractivity contribution in [1.29, 1.82) is 0 Å². The van der Waals surface area contributed by atoms with Crippen molar-refractivity contribution in [2.24, 2.45) is 5.41 Å². The first-order valence-corrected chi connectivity index (χ1v) is 8.20. The van der Waals surface area contributed by atoms with Gasteiger partial charge in [-0.2, -0.15) is 0 Å². The van der Waals surface area contributed by atoms with Crippen LogP contribution in [0.5, 0.6) is 0 Å². The molecule has 2 aromatic carbocycles. The molecule has 0 radical (unpaired) electrons. The molecule has 1 aromatic heterocycles. The molecule has 24 heavy (non-hydrogen) atoms. The van der Waals surface area contributed by atoms with Crippen LogP contribution in [0.3, 0.4) is 0 Å². The number of aromatic nitrogens is 2. The van der Waals surface area contributed by atoms with Crippen LogP contribution < -0.4 is 5.32 Å². The van der Waals surface area contributed by atoms with Crippen molar-refractivity contribution in [2.75, 3.05) is 0 Å². The average Bonchev–Trinajstić information content (AvgIpc) is 2.99. The number of nitrogens with zero attached hydrogens (tertiary/aromatic N) is 1. The molecule has 1 atom stereocenters. The van der Waals surface area contributed by atoms with E-state index < -0.39 is 0 Å². The molecule has 3 aromatic rings. The van der Waals surface area contributed by atoms with E-state index in [1.807, 2.05) is 42.5 Å². The van der Waals surface area contributed by atoms with E-state index in [0.29, 0.717) is 6.42 Å². The number of rotatable bonds is 4. The van der Waals surface area contributed by atoms with E-state index in [9.17, 15) is 4.79 Å². The summed E-state index contributed by atoms with van der Waals surface area (Å²) in [4.78, 5) is 19.9. The number of imidazole rings is 1. The Balaban J connectivity index is 1.94. The fourth-order valence-electron chi connectivity index (χ4n) is 2.83. The number of benzene rings is 2. The maximum atomic E-state index is 12.5. The molecule has 1 unspecified atom stereocenters. The van der Waals surface area contributed by atoms with Gasteiger partial charge in [0.2, 0.25) is 5.91 Å². The van der Waals surface area contributed by atoms with Crippen molar-refractivity contribution < 1.29 is 4.79 Å². The van der Waals surface area contributed by atoms with Crippen LogP contribution in [0.25, 0.3) is 11.0 Å². The van der Waals surface area contributed by atoms with E-state index in [1.165, 1.54) is 0 Å². The quantitative estimate of drug-likeness (QED) is 0.756. The van der Waals surface area contributed by atoms with Crippen LogP contribution in [0.4, 0.5) is 0 Å². The summed E-state index contributed by atoms with van der Waals surface area (Å²) in [5.41, 5.74) is 3.96. The predicted octanol–water partition coefficient (Wildman–Crippen LogP) is 4.20. The molecule has 124 valence electrons. The van der Waals surface area contributed by atoms with E-state index >= 15 is 0 Å². The lowest BCUT2D eigenvalue weighted by atomic mass is 9.91. The molecule has 4 heteroatoms. The summed E-state index contributed by atoms with van der Waals surface area (Å²) in [6.07, 6.45) is 2.17. The Bertz CT molecular complexity index is 831. The highest BCUT2D eigenvalue weighted by Crippen LogP contribution is 2.26. The molecule has 0 saturated carbocycles. The number of carbonyl (C=O) groups excluding carboxylic acids is 1. The normalized spacial score (nSPS) is 13.0. The van der Waals surface area contributed by atoms with Gasteiger partial charge in [-0.3, -0.25) is 4.79 Å². The van der Waals surface area contributed by atoms with E-state index in [0.717, 1.165) is 22.2 Å². The van der Waals surface area contributed by atoms with E-state index in [4.69, 9.17) is 0 Å². The fraction of sp³-hybridized carbons (Fsp3) is 0.300. The molecular formula is C20H23N3O. The molecule has 0 spiro atoms. The SMILES string of the molecule is CC(C)(C)CC(=O)NC(c1ccccc1)c1ccc2nc[nH]c2c1. The predicted molar refractivity (Wildman–Crippen MR) is 96.6 cm³/mol. The zero-order valence-electron chi connectivity index (χ0n) is 14.3. The molecule has 2 N–H and O–H groups in total. The van der Waals surface area contributed by atoms with Crippen molar-refractivity contribution in [3.63, 3.8) is 0 Å². The maximum Gasteiger partial charge on any atom is 0.221 e. The van der Waals surface area contributed by atoms with Crippen LogP contribution in [0.2, 0.25) is 0 Å². The summed E-state index contributed by atoms with van der Waals surface area (Å²) in [6.45, 7) is 6.21. The van der Waals surface area contributed by atoms with Crippen LogP contribution in [0.15, 0.2) is 54.9 Å². The van der Waals surface area contributed by atoms with Crippen molar-refractivity contribution >= 4 is 16.9 Å². The van der Waals surface area contributed by atoms with Gasteiger partial charge >= 0.3 is 0 Å². The highest BCUT2D eigenvalue weighted by atomic mass is 16.1. The largest absolute Gasteiger partial charge is 0.345 e. The molecule has 0 saturated heterocycles. The molecule has 0 aliphatic rings. The Hall–Kier alpha value is -2.62. The highest BCUT2D eigenvalue weighted by Gasteiger charge is 2.21. The van der Waals surface area contributed by atoms with E-state index in [-0.39, 0.29) is 17.4 Å². The lowest BCUT2D eigenvalue weighted by molar-refractivity contribution is -0.123. The second-order valence-electron chi connectivity index (χ2n) is 7.33. The molecule has 4 nitrogen and oxygen atoms in total. The zero-order chi connectivity index (χ0) is 17.2. The van der Waals surface area contributed by atoms with Gasteiger partial charge in [-0.15, -0.1) is 0 Å². The third kappa shape index (κ3) is 3.82. The number of carbonyl (C=O) groups is 1. The average molecular weight is 321 g/mol. The Labute approximate surface area is 142 Å². The van der Waals surface area contributed by atoms with Crippen LogP contribution >= 0.6 is 0 Å². The third-order valence-electron chi connectivity index (χ3n) is 3.91. The Morgan fingerprint density at radius 1 is 1.12 bits per heavy atom. The van der Waals surface area contributed by atoms with Gasteiger partial charge in [0.15, 0.2) is 0 Å². The van der Waals surface area contributed by atoms with E-state index in [2.05, 4.69) is 42.1 Å². The number of aromatic amines is 1. The molecule has 0 aliphatic carbocycles. The van der Waals surface area contributed by atoms with Crippen molar-refractivity contribution in [3.8, 4) is 0 Å². The van der Waals surface area contributed by atoms with Crippen LogP contribution in [-0.4, -0.2) is 15.9 Å². The molecule has 0 fully saturated rings. The monoisotopic (exact) mass is 321 g/mol. The third-order valence-corrected chi connectivity index (χ3v) is 3.91. The number of H-pyrrole nitrogens is 1. The van der Waals surface area contributed by atoms with Gasteiger partial charge in [0.05, 0.1) is 23.4 Å². The van der Waals surface area contributed by atoms with Crippen molar-refractivity contribution in [3.05, 3.63) is 66.0 Å². The minimum Gasteiger partial charge on any atom is -0.345 e. The lowest BCUT2D eigenvalue weighted by Crippen LogP contribution is -2.32. The molecular weight excluding hydrogens is 298 g/mol. The summed E-state index contributed by atoms with van der Waals surface area (Å²) in [6, 6.07) is 15.9. The van der Waals surface area contributed by atoms with Gasteiger partial charge in [0.1, 0.15) is 0 Å². The van der Waals surface area contributed by atoms with Crippen LogP contribution in [0, 0.1) is 5.41 Å². The van der Waals surface area contributed by atoms with Gasteiger partial charge in [0.25, 0.3) is 0 Å². The number of hydrogen-bond donors (Lipinski definition) is 2. The van der Waals surface area contributed by atoms with Gasteiger partial charge in [-0.1, -0.05) is 57.2 Å². The first-order chi connectivity index (χ1) is 11.4. The summed E-state index contributed by atoms with van der Waals surface area (Å²) in [7, 11) is 0. The summed E-state index contributed by atoms with van der Waals surface area (Å²) in [5.74, 6) is 0.0565. The van der Waals surface area contributed by atoms with Crippen molar-refractivity contribution in [2.45, 2.75) is 33.2 Å². The summed E-state index contributed by atoms with van der Waals surface area (Å²) in [5, 5.41) is 3.19. The van der Waals surface area contributed by atoms with Gasteiger partial charge in [-0.25, -0.2) is 4.98 Å². The molecule has 3 rings (SSSR count). The molecule has 1 heterocycles. The summed E-state index contributed by atoms with van der Waals surface area (Å²) < 4.78 is 0. The number of amides is 1. The number of hydrogen-bond acceptors (Lipinski definition) is 2. The minimum atomic E-state index is -0.172. The molecule has 0 bridgehead atoms. The van der Waals surface area contributed by atoms with Gasteiger partial charge in [0, 0.05) is 6.42 Å². The Kier molecular flexibility index (Phi) is 4.38. The van der Waals surface area contributed by atoms with Gasteiger partial charge in [-0.05, 0) is 28.7 Å². The second-order valence-corrected chi connectivity index (χ2v) is 7.33. The lowest BCUT2D eigenvalue weighted by Gasteiger charge is -2.23. The van der Waals surface area contributed by atoms with Gasteiger partial charge < -0.3 is 10.3 Å². The Morgan fingerprint density at radius 3 is 2.58 bits per heavy atom. The maximum absolute atomic E-state index is 12.5. The summed E-state index contributed by atoms with van der Waals surface area (Å²) >= 11 is 0. The fourth-order valence-corrected chi connectivity index (χ4v) is 2.83. The molecule has 1 amide bonds. The number of fused-ring (bicyclic) bond motifs is 1. The second kappa shape index (κ2) is 6.48. The van der Waals surface area contributed by atoms with E-state index in [1.54, 1.807) is 6.33 Å². The smallest absolute Gasteiger partial charge is 0.221 e.